The Kier molecular flexibility index (Phi) is 5.55. The third kappa shape index (κ3) is 4.00. The quantitative estimate of drug-likeness (QED) is 0.700. The van der Waals surface area contributed by atoms with Crippen LogP contribution in [0.5, 0.6) is 0 Å². The molecule has 1 fully saturated rings. The molecule has 2 amide bonds. The molecule has 2 heterocycles. The number of hydrogen-bond acceptors (Lipinski definition) is 3. The number of fused-ring (bicyclic) bond motifs is 1. The lowest BCUT2D eigenvalue weighted by Crippen LogP contribution is -2.56. The minimum absolute atomic E-state index is 0.138. The zero-order valence-electron chi connectivity index (χ0n) is 15.1. The smallest absolute Gasteiger partial charge is 0.247 e. The molecular weight excluding hydrogens is 359 g/mol. The summed E-state index contributed by atoms with van der Waals surface area (Å²) in [5.74, 6) is -3.73. The standard InChI is InChI=1S/C19H22F3N3O2/c1-9(13-8-14-16(25-19(13)27)5-6-23-17(14)22)18(26)24-10(2)12-4-3-11(20)7-15(12)21/h3-4,7-10,14,16-17,23H,5-6H2,1-2H3,(H,24,26)(H,25,27)/t9-,10+,14?,16?,17?/m1/s1. The van der Waals surface area contributed by atoms with Crippen LogP contribution in [0, 0.1) is 23.5 Å². The van der Waals surface area contributed by atoms with Gasteiger partial charge in [0.05, 0.1) is 12.0 Å². The van der Waals surface area contributed by atoms with Gasteiger partial charge in [0.25, 0.3) is 0 Å². The normalized spacial score (nSPS) is 27.1. The van der Waals surface area contributed by atoms with Crippen LogP contribution in [0.3, 0.4) is 0 Å². The van der Waals surface area contributed by atoms with E-state index in [0.717, 1.165) is 12.1 Å². The summed E-state index contributed by atoms with van der Waals surface area (Å²) >= 11 is 0. The SMILES string of the molecule is C[C@@H](C(=O)N[C@@H](C)c1ccc(F)cc1F)C1=CC2C(F)NCCC2NC1=O. The highest BCUT2D eigenvalue weighted by molar-refractivity contribution is 6.01. The molecule has 8 heteroatoms. The molecule has 27 heavy (non-hydrogen) atoms. The Balaban J connectivity index is 1.73. The first-order valence-corrected chi connectivity index (χ1v) is 8.93. The second-order valence-corrected chi connectivity index (χ2v) is 7.04. The van der Waals surface area contributed by atoms with Gasteiger partial charge in [-0.05, 0) is 32.9 Å². The summed E-state index contributed by atoms with van der Waals surface area (Å²) in [4.78, 5) is 24.9. The maximum atomic E-state index is 14.1. The zero-order valence-corrected chi connectivity index (χ0v) is 15.1. The van der Waals surface area contributed by atoms with E-state index >= 15 is 0 Å². The highest BCUT2D eigenvalue weighted by Gasteiger charge is 2.39. The van der Waals surface area contributed by atoms with Gasteiger partial charge in [-0.15, -0.1) is 0 Å². The first-order valence-electron chi connectivity index (χ1n) is 8.93. The topological polar surface area (TPSA) is 70.2 Å². The summed E-state index contributed by atoms with van der Waals surface area (Å²) in [6.45, 7) is 3.58. The largest absolute Gasteiger partial charge is 0.349 e. The van der Waals surface area contributed by atoms with Crippen LogP contribution in [0.25, 0.3) is 0 Å². The molecule has 0 saturated carbocycles. The molecule has 0 spiro atoms. The van der Waals surface area contributed by atoms with Crippen molar-refractivity contribution in [3.63, 3.8) is 0 Å². The predicted octanol–water partition coefficient (Wildman–Crippen LogP) is 2.11. The Labute approximate surface area is 155 Å². The number of carbonyl (C=O) groups is 2. The Bertz CT molecular complexity index is 783. The fraction of sp³-hybridized carbons (Fsp3) is 0.474. The number of carbonyl (C=O) groups excluding carboxylic acids is 2. The third-order valence-corrected chi connectivity index (χ3v) is 5.20. The van der Waals surface area contributed by atoms with Crippen molar-refractivity contribution in [3.8, 4) is 0 Å². The van der Waals surface area contributed by atoms with Crippen LogP contribution < -0.4 is 16.0 Å². The molecule has 5 atom stereocenters. The van der Waals surface area contributed by atoms with Gasteiger partial charge in [0, 0.05) is 29.2 Å². The molecule has 2 aliphatic heterocycles. The number of benzene rings is 1. The van der Waals surface area contributed by atoms with Crippen LogP contribution in [-0.2, 0) is 9.59 Å². The second kappa shape index (κ2) is 7.72. The third-order valence-electron chi connectivity index (χ3n) is 5.20. The number of piperidine rings is 1. The van der Waals surface area contributed by atoms with Crippen molar-refractivity contribution in [3.05, 3.63) is 47.0 Å². The number of nitrogens with one attached hydrogen (secondary N) is 3. The van der Waals surface area contributed by atoms with Crippen LogP contribution in [-0.4, -0.2) is 30.7 Å². The van der Waals surface area contributed by atoms with Gasteiger partial charge in [0.2, 0.25) is 11.8 Å². The van der Waals surface area contributed by atoms with Gasteiger partial charge in [-0.25, -0.2) is 13.2 Å². The fourth-order valence-corrected chi connectivity index (χ4v) is 3.56. The molecule has 3 unspecified atom stereocenters. The minimum atomic E-state index is -1.29. The molecule has 1 saturated heterocycles. The van der Waals surface area contributed by atoms with Gasteiger partial charge in [-0.1, -0.05) is 12.1 Å². The number of hydrogen-bond donors (Lipinski definition) is 3. The molecule has 3 rings (SSSR count). The molecule has 5 nitrogen and oxygen atoms in total. The maximum absolute atomic E-state index is 14.1. The molecule has 0 aromatic heterocycles. The lowest BCUT2D eigenvalue weighted by molar-refractivity contribution is -0.127. The van der Waals surface area contributed by atoms with Crippen LogP contribution in [0.4, 0.5) is 13.2 Å². The lowest BCUT2D eigenvalue weighted by atomic mass is 9.83. The van der Waals surface area contributed by atoms with Crippen LogP contribution in [0.1, 0.15) is 31.9 Å². The summed E-state index contributed by atoms with van der Waals surface area (Å²) in [7, 11) is 0. The first-order chi connectivity index (χ1) is 12.8. The summed E-state index contributed by atoms with van der Waals surface area (Å²) < 4.78 is 41.0. The number of rotatable bonds is 4. The molecular formula is C19H22F3N3O2. The molecule has 0 aliphatic carbocycles. The average molecular weight is 381 g/mol. The minimum Gasteiger partial charge on any atom is -0.349 e. The zero-order chi connectivity index (χ0) is 19.7. The average Bonchev–Trinajstić information content (AvgIpc) is 2.60. The van der Waals surface area contributed by atoms with E-state index in [1.807, 2.05) is 0 Å². The molecule has 3 N–H and O–H groups in total. The highest BCUT2D eigenvalue weighted by Crippen LogP contribution is 2.28. The van der Waals surface area contributed by atoms with Crippen molar-refractivity contribution >= 4 is 11.8 Å². The maximum Gasteiger partial charge on any atom is 0.247 e. The van der Waals surface area contributed by atoms with Gasteiger partial charge < -0.3 is 10.6 Å². The van der Waals surface area contributed by atoms with Gasteiger partial charge in [-0.2, -0.15) is 0 Å². The van der Waals surface area contributed by atoms with E-state index in [0.29, 0.717) is 13.0 Å². The molecule has 0 radical (unpaired) electrons. The van der Waals surface area contributed by atoms with Crippen molar-refractivity contribution in [2.24, 2.45) is 11.8 Å². The Morgan fingerprint density at radius 3 is 2.74 bits per heavy atom. The highest BCUT2D eigenvalue weighted by atomic mass is 19.1. The molecule has 2 aliphatic rings. The fourth-order valence-electron chi connectivity index (χ4n) is 3.56. The Morgan fingerprint density at radius 1 is 1.30 bits per heavy atom. The van der Waals surface area contributed by atoms with Crippen molar-refractivity contribution < 1.29 is 22.8 Å². The van der Waals surface area contributed by atoms with Crippen LogP contribution in [0.2, 0.25) is 0 Å². The number of alkyl halides is 1. The van der Waals surface area contributed by atoms with Gasteiger partial charge >= 0.3 is 0 Å². The first kappa shape index (κ1) is 19.4. The van der Waals surface area contributed by atoms with Crippen LogP contribution >= 0.6 is 0 Å². The van der Waals surface area contributed by atoms with Gasteiger partial charge in [0.1, 0.15) is 11.6 Å². The van der Waals surface area contributed by atoms with Crippen LogP contribution in [0.15, 0.2) is 29.8 Å². The van der Waals surface area contributed by atoms with Gasteiger partial charge in [-0.3, -0.25) is 14.9 Å². The number of amides is 2. The Hall–Kier alpha value is -2.35. The monoisotopic (exact) mass is 381 g/mol. The predicted molar refractivity (Wildman–Crippen MR) is 93.1 cm³/mol. The summed E-state index contributed by atoms with van der Waals surface area (Å²) in [5.41, 5.74) is 0.325. The molecule has 146 valence electrons. The lowest BCUT2D eigenvalue weighted by Gasteiger charge is -2.38. The van der Waals surface area contributed by atoms with E-state index in [1.165, 1.54) is 19.1 Å². The summed E-state index contributed by atoms with van der Waals surface area (Å²) in [5, 5.41) is 8.11. The molecule has 1 aromatic rings. The van der Waals surface area contributed by atoms with E-state index in [9.17, 15) is 22.8 Å². The van der Waals surface area contributed by atoms with Gasteiger partial charge in [0.15, 0.2) is 6.30 Å². The summed E-state index contributed by atoms with van der Waals surface area (Å²) in [6, 6.07) is 2.11. The van der Waals surface area contributed by atoms with Crippen molar-refractivity contribution in [2.75, 3.05) is 6.54 Å². The molecule has 1 aromatic carbocycles. The number of halogens is 3. The molecule has 0 bridgehead atoms. The van der Waals surface area contributed by atoms with E-state index in [1.54, 1.807) is 6.92 Å². The second-order valence-electron chi connectivity index (χ2n) is 7.04. The Morgan fingerprint density at radius 2 is 2.04 bits per heavy atom. The van der Waals surface area contributed by atoms with E-state index in [2.05, 4.69) is 16.0 Å². The van der Waals surface area contributed by atoms with Crippen molar-refractivity contribution in [2.45, 2.75) is 38.6 Å². The summed E-state index contributed by atoms with van der Waals surface area (Å²) in [6.07, 6.45) is 0.845. The van der Waals surface area contributed by atoms with Crippen molar-refractivity contribution in [1.82, 2.24) is 16.0 Å². The van der Waals surface area contributed by atoms with E-state index < -0.39 is 47.6 Å². The van der Waals surface area contributed by atoms with Crippen molar-refractivity contribution in [1.29, 1.82) is 0 Å². The van der Waals surface area contributed by atoms with E-state index in [-0.39, 0.29) is 17.2 Å². The van der Waals surface area contributed by atoms with E-state index in [4.69, 9.17) is 0 Å².